The Morgan fingerprint density at radius 3 is 2.40 bits per heavy atom. The average Bonchev–Trinajstić information content (AvgIpc) is 1.87. The highest BCUT2D eigenvalue weighted by Crippen LogP contribution is 1.96. The van der Waals surface area contributed by atoms with Crippen LogP contribution in [0.2, 0.25) is 0 Å². The number of hydrogen-bond acceptors (Lipinski definition) is 3. The van der Waals surface area contributed by atoms with E-state index in [1.54, 1.807) is 0 Å². The van der Waals surface area contributed by atoms with E-state index in [1.165, 1.54) is 24.4 Å². The first-order valence-corrected chi connectivity index (χ1v) is 2.79. The zero-order valence-corrected chi connectivity index (χ0v) is 5.57. The Labute approximate surface area is 60.3 Å². The second-order valence-corrected chi connectivity index (χ2v) is 1.64. The summed E-state index contributed by atoms with van der Waals surface area (Å²) in [6.07, 6.45) is 5.55. The molecule has 0 radical (unpaired) electrons. The standard InChI is InChI=1S/C6H10BNO2/c1-2-3-6(4-5-8)7(9)10/h2-5,9-10H,1,8H2/b5-4-,6-3+. The molecule has 0 saturated heterocycles. The Morgan fingerprint density at radius 2 is 2.10 bits per heavy atom. The molecule has 0 fully saturated rings. The summed E-state index contributed by atoms with van der Waals surface area (Å²) in [6.45, 7) is 3.39. The monoisotopic (exact) mass is 139 g/mol. The largest absolute Gasteiger partial charge is 0.488 e. The van der Waals surface area contributed by atoms with Crippen LogP contribution in [0.25, 0.3) is 0 Å². The van der Waals surface area contributed by atoms with E-state index in [9.17, 15) is 0 Å². The van der Waals surface area contributed by atoms with Crippen molar-refractivity contribution in [3.05, 3.63) is 36.5 Å². The summed E-state index contributed by atoms with van der Waals surface area (Å²) in [5, 5.41) is 17.2. The lowest BCUT2D eigenvalue weighted by atomic mass is 9.79. The minimum Gasteiger partial charge on any atom is -0.423 e. The van der Waals surface area contributed by atoms with Gasteiger partial charge < -0.3 is 15.8 Å². The lowest BCUT2D eigenvalue weighted by Crippen LogP contribution is -2.13. The molecule has 4 heteroatoms. The van der Waals surface area contributed by atoms with Crippen LogP contribution in [-0.2, 0) is 0 Å². The van der Waals surface area contributed by atoms with Crippen molar-refractivity contribution in [2.75, 3.05) is 0 Å². The van der Waals surface area contributed by atoms with Crippen LogP contribution in [0.1, 0.15) is 0 Å². The Morgan fingerprint density at radius 1 is 1.50 bits per heavy atom. The maximum atomic E-state index is 8.61. The van der Waals surface area contributed by atoms with Crippen LogP contribution in [0.4, 0.5) is 0 Å². The lowest BCUT2D eigenvalue weighted by molar-refractivity contribution is 0.420. The van der Waals surface area contributed by atoms with Gasteiger partial charge in [-0.3, -0.25) is 0 Å². The van der Waals surface area contributed by atoms with Crippen LogP contribution in [-0.4, -0.2) is 17.2 Å². The highest BCUT2D eigenvalue weighted by Gasteiger charge is 2.09. The molecule has 54 valence electrons. The molecule has 0 aliphatic carbocycles. The van der Waals surface area contributed by atoms with Crippen molar-refractivity contribution in [2.24, 2.45) is 5.73 Å². The maximum absolute atomic E-state index is 8.61. The third kappa shape index (κ3) is 3.12. The van der Waals surface area contributed by atoms with Gasteiger partial charge in [-0.05, 0) is 17.7 Å². The molecule has 3 nitrogen and oxygen atoms in total. The molecule has 0 aromatic rings. The van der Waals surface area contributed by atoms with Crippen molar-refractivity contribution >= 4 is 7.12 Å². The van der Waals surface area contributed by atoms with Crippen molar-refractivity contribution in [3.63, 3.8) is 0 Å². The summed E-state index contributed by atoms with van der Waals surface area (Å²) in [5.74, 6) is 0. The second-order valence-electron chi connectivity index (χ2n) is 1.64. The topological polar surface area (TPSA) is 66.5 Å². The summed E-state index contributed by atoms with van der Waals surface area (Å²) in [6, 6.07) is 0. The van der Waals surface area contributed by atoms with Gasteiger partial charge in [0.1, 0.15) is 0 Å². The number of allylic oxidation sites excluding steroid dienone is 4. The molecule has 0 aromatic carbocycles. The van der Waals surface area contributed by atoms with Crippen molar-refractivity contribution in [2.45, 2.75) is 0 Å². The number of nitrogens with two attached hydrogens (primary N) is 1. The average molecular weight is 139 g/mol. The summed E-state index contributed by atoms with van der Waals surface area (Å²) in [5.41, 5.74) is 5.34. The minimum atomic E-state index is -1.49. The van der Waals surface area contributed by atoms with Crippen LogP contribution in [0.5, 0.6) is 0 Å². The van der Waals surface area contributed by atoms with Gasteiger partial charge in [0.25, 0.3) is 0 Å². The summed E-state index contributed by atoms with van der Waals surface area (Å²) in [4.78, 5) is 0. The fourth-order valence-corrected chi connectivity index (χ4v) is 0.475. The normalized spacial score (nSPS) is 12.0. The van der Waals surface area contributed by atoms with Gasteiger partial charge in [-0.15, -0.1) is 0 Å². The van der Waals surface area contributed by atoms with E-state index in [1.807, 2.05) is 0 Å². The van der Waals surface area contributed by atoms with E-state index < -0.39 is 7.12 Å². The molecule has 4 N–H and O–H groups in total. The quantitative estimate of drug-likeness (QED) is 0.367. The molecule has 0 aliphatic heterocycles. The van der Waals surface area contributed by atoms with Gasteiger partial charge in [-0.25, -0.2) is 0 Å². The van der Waals surface area contributed by atoms with Gasteiger partial charge in [0.2, 0.25) is 0 Å². The zero-order chi connectivity index (χ0) is 7.98. The second kappa shape index (κ2) is 4.84. The Kier molecular flexibility index (Phi) is 4.36. The lowest BCUT2D eigenvalue weighted by Gasteiger charge is -1.95. The third-order valence-electron chi connectivity index (χ3n) is 0.897. The summed E-state index contributed by atoms with van der Waals surface area (Å²) in [7, 11) is -1.49. The minimum absolute atomic E-state index is 0.317. The molecule has 0 aliphatic rings. The van der Waals surface area contributed by atoms with E-state index in [-0.39, 0.29) is 0 Å². The van der Waals surface area contributed by atoms with Gasteiger partial charge in [0.15, 0.2) is 0 Å². The Hall–Kier alpha value is -0.995. The molecule has 0 heterocycles. The molecule has 0 atom stereocenters. The van der Waals surface area contributed by atoms with Gasteiger partial charge in [-0.2, -0.15) is 0 Å². The first kappa shape index (κ1) is 9.00. The van der Waals surface area contributed by atoms with Gasteiger partial charge in [-0.1, -0.05) is 18.7 Å². The first-order valence-electron chi connectivity index (χ1n) is 2.79. The molecule has 0 saturated carbocycles. The van der Waals surface area contributed by atoms with Crippen LogP contribution >= 0.6 is 0 Å². The van der Waals surface area contributed by atoms with E-state index in [0.29, 0.717) is 5.47 Å². The highest BCUT2D eigenvalue weighted by atomic mass is 16.4. The molecule has 0 aromatic heterocycles. The van der Waals surface area contributed by atoms with Crippen molar-refractivity contribution in [1.29, 1.82) is 0 Å². The molecule has 0 unspecified atom stereocenters. The molecule has 10 heavy (non-hydrogen) atoms. The fourth-order valence-electron chi connectivity index (χ4n) is 0.475. The Bertz CT molecular complexity index is 163. The summed E-state index contributed by atoms with van der Waals surface area (Å²) >= 11 is 0. The van der Waals surface area contributed by atoms with E-state index in [2.05, 4.69) is 6.58 Å². The summed E-state index contributed by atoms with van der Waals surface area (Å²) < 4.78 is 0. The van der Waals surface area contributed by atoms with Crippen LogP contribution in [0.3, 0.4) is 0 Å². The fraction of sp³-hybridized carbons (Fsp3) is 0. The van der Waals surface area contributed by atoms with E-state index >= 15 is 0 Å². The van der Waals surface area contributed by atoms with Crippen molar-refractivity contribution in [1.82, 2.24) is 0 Å². The molecular formula is C6H10BNO2. The van der Waals surface area contributed by atoms with Gasteiger partial charge >= 0.3 is 7.12 Å². The predicted octanol–water partition coefficient (Wildman–Crippen LogP) is -0.417. The smallest absolute Gasteiger partial charge is 0.423 e. The third-order valence-corrected chi connectivity index (χ3v) is 0.897. The first-order chi connectivity index (χ1) is 4.72. The highest BCUT2D eigenvalue weighted by molar-refractivity contribution is 6.51. The van der Waals surface area contributed by atoms with Crippen LogP contribution < -0.4 is 5.73 Å². The molecule has 0 bridgehead atoms. The van der Waals surface area contributed by atoms with Crippen molar-refractivity contribution in [3.8, 4) is 0 Å². The molecule has 0 spiro atoms. The zero-order valence-electron chi connectivity index (χ0n) is 5.57. The van der Waals surface area contributed by atoms with E-state index in [0.717, 1.165) is 0 Å². The predicted molar refractivity (Wildman–Crippen MR) is 41.8 cm³/mol. The molecule has 0 rings (SSSR count). The van der Waals surface area contributed by atoms with E-state index in [4.69, 9.17) is 15.8 Å². The molecular weight excluding hydrogens is 129 g/mol. The maximum Gasteiger partial charge on any atom is 0.488 e. The van der Waals surface area contributed by atoms with Crippen LogP contribution in [0.15, 0.2) is 36.5 Å². The number of hydrogen-bond donors (Lipinski definition) is 3. The van der Waals surface area contributed by atoms with Crippen LogP contribution in [0, 0.1) is 0 Å². The Balaban J connectivity index is 4.25. The SMILES string of the molecule is C=C/C=C(\C=C/N)B(O)O. The van der Waals surface area contributed by atoms with Gasteiger partial charge in [0, 0.05) is 0 Å². The van der Waals surface area contributed by atoms with Gasteiger partial charge in [0.05, 0.1) is 0 Å². The number of rotatable bonds is 3. The van der Waals surface area contributed by atoms with Crippen molar-refractivity contribution < 1.29 is 10.0 Å². The molecule has 0 amide bonds.